The molecule has 4 rings (SSSR count). The van der Waals surface area contributed by atoms with Gasteiger partial charge < -0.3 is 4.74 Å². The number of ether oxygens (including phenoxy) is 1. The number of pyridine rings is 1. The average Bonchev–Trinajstić information content (AvgIpc) is 2.64. The van der Waals surface area contributed by atoms with E-state index in [-0.39, 0.29) is 5.78 Å². The molecule has 0 saturated heterocycles. The molecule has 3 heteroatoms. The smallest absolute Gasteiger partial charge is 0.191 e. The standard InChI is InChI=1S/C22H19NO2/c24-21(20-9-4-5-16-23-20)22(14-6-15-22)17-10-12-19(13-11-17)25-18-7-2-1-3-8-18/h1-5,7-13,16H,6,14-15H2. The highest BCUT2D eigenvalue weighted by molar-refractivity contribution is 6.03. The molecule has 3 aromatic rings. The van der Waals surface area contributed by atoms with Crippen LogP contribution < -0.4 is 4.74 Å². The first-order valence-electron chi connectivity index (χ1n) is 8.57. The molecule has 0 amide bonds. The lowest BCUT2D eigenvalue weighted by Gasteiger charge is -2.40. The maximum atomic E-state index is 13.0. The molecule has 1 aromatic heterocycles. The highest BCUT2D eigenvalue weighted by atomic mass is 16.5. The summed E-state index contributed by atoms with van der Waals surface area (Å²) in [6.07, 6.45) is 4.50. The Hall–Kier alpha value is -2.94. The van der Waals surface area contributed by atoms with Crippen LogP contribution in [0.3, 0.4) is 0 Å². The Balaban J connectivity index is 1.59. The summed E-state index contributed by atoms with van der Waals surface area (Å²) in [5.74, 6) is 1.70. The SMILES string of the molecule is O=C(c1ccccn1)C1(c2ccc(Oc3ccccc3)cc2)CCC1. The van der Waals surface area contributed by atoms with Gasteiger partial charge in [-0.3, -0.25) is 9.78 Å². The van der Waals surface area contributed by atoms with E-state index in [1.165, 1.54) is 0 Å². The third-order valence-corrected chi connectivity index (χ3v) is 4.93. The first kappa shape index (κ1) is 15.6. The van der Waals surface area contributed by atoms with Gasteiger partial charge in [0, 0.05) is 6.20 Å². The third kappa shape index (κ3) is 2.93. The molecule has 0 unspecified atom stereocenters. The summed E-state index contributed by atoms with van der Waals surface area (Å²) in [5.41, 5.74) is 1.17. The lowest BCUT2D eigenvalue weighted by Crippen LogP contribution is -2.42. The van der Waals surface area contributed by atoms with Crippen LogP contribution in [0.5, 0.6) is 11.5 Å². The fourth-order valence-corrected chi connectivity index (χ4v) is 3.39. The topological polar surface area (TPSA) is 39.2 Å². The van der Waals surface area contributed by atoms with E-state index in [1.54, 1.807) is 12.3 Å². The van der Waals surface area contributed by atoms with Gasteiger partial charge in [0.25, 0.3) is 0 Å². The van der Waals surface area contributed by atoms with E-state index < -0.39 is 5.41 Å². The highest BCUT2D eigenvalue weighted by Gasteiger charge is 2.46. The summed E-state index contributed by atoms with van der Waals surface area (Å²) in [6.45, 7) is 0. The number of carbonyl (C=O) groups excluding carboxylic acids is 1. The lowest BCUT2D eigenvalue weighted by molar-refractivity contribution is 0.0783. The Labute approximate surface area is 147 Å². The molecule has 0 N–H and O–H groups in total. The van der Waals surface area contributed by atoms with Crippen molar-refractivity contribution in [2.24, 2.45) is 0 Å². The molecular weight excluding hydrogens is 310 g/mol. The minimum absolute atomic E-state index is 0.121. The Morgan fingerprint density at radius 3 is 2.12 bits per heavy atom. The van der Waals surface area contributed by atoms with E-state index in [0.29, 0.717) is 5.69 Å². The van der Waals surface area contributed by atoms with Gasteiger partial charge in [0.05, 0.1) is 5.41 Å². The molecule has 2 aromatic carbocycles. The van der Waals surface area contributed by atoms with Gasteiger partial charge in [0.1, 0.15) is 17.2 Å². The second-order valence-corrected chi connectivity index (χ2v) is 6.42. The van der Waals surface area contributed by atoms with Crippen molar-refractivity contribution < 1.29 is 9.53 Å². The lowest BCUT2D eigenvalue weighted by atomic mass is 9.61. The molecule has 0 bridgehead atoms. The largest absolute Gasteiger partial charge is 0.457 e. The summed E-state index contributed by atoms with van der Waals surface area (Å²) in [5, 5.41) is 0. The third-order valence-electron chi connectivity index (χ3n) is 4.93. The molecular formula is C22H19NO2. The molecule has 3 nitrogen and oxygen atoms in total. The van der Waals surface area contributed by atoms with Crippen LogP contribution in [0.15, 0.2) is 79.0 Å². The van der Waals surface area contributed by atoms with E-state index in [4.69, 9.17) is 4.74 Å². The molecule has 25 heavy (non-hydrogen) atoms. The van der Waals surface area contributed by atoms with Crippen molar-refractivity contribution in [2.45, 2.75) is 24.7 Å². The quantitative estimate of drug-likeness (QED) is 0.606. The van der Waals surface area contributed by atoms with Crippen molar-refractivity contribution in [3.63, 3.8) is 0 Å². The van der Waals surface area contributed by atoms with Gasteiger partial charge in [0.15, 0.2) is 5.78 Å². The molecule has 0 atom stereocenters. The molecule has 0 aliphatic heterocycles. The Kier molecular flexibility index (Phi) is 4.06. The number of aromatic nitrogens is 1. The van der Waals surface area contributed by atoms with Crippen LogP contribution in [0.4, 0.5) is 0 Å². The number of rotatable bonds is 5. The predicted octanol–water partition coefficient (Wildman–Crippen LogP) is 5.18. The van der Waals surface area contributed by atoms with E-state index in [0.717, 1.165) is 36.3 Å². The second-order valence-electron chi connectivity index (χ2n) is 6.42. The fraction of sp³-hybridized carbons (Fsp3) is 0.182. The number of para-hydroxylation sites is 1. The van der Waals surface area contributed by atoms with Gasteiger partial charge in [-0.05, 0) is 54.8 Å². The van der Waals surface area contributed by atoms with Gasteiger partial charge in [-0.2, -0.15) is 0 Å². The van der Waals surface area contributed by atoms with Crippen LogP contribution in [0.1, 0.15) is 35.3 Å². The van der Waals surface area contributed by atoms with Crippen LogP contribution in [-0.4, -0.2) is 10.8 Å². The van der Waals surface area contributed by atoms with Crippen molar-refractivity contribution >= 4 is 5.78 Å². The number of benzene rings is 2. The first-order valence-corrected chi connectivity index (χ1v) is 8.57. The van der Waals surface area contributed by atoms with E-state index in [2.05, 4.69) is 4.98 Å². The molecule has 0 spiro atoms. The number of ketones is 1. The number of hydrogen-bond acceptors (Lipinski definition) is 3. The van der Waals surface area contributed by atoms with Crippen LogP contribution in [0, 0.1) is 0 Å². The van der Waals surface area contributed by atoms with E-state index in [1.807, 2.05) is 66.7 Å². The highest BCUT2D eigenvalue weighted by Crippen LogP contribution is 2.46. The maximum Gasteiger partial charge on any atom is 0.191 e. The van der Waals surface area contributed by atoms with Gasteiger partial charge in [0.2, 0.25) is 0 Å². The van der Waals surface area contributed by atoms with Gasteiger partial charge >= 0.3 is 0 Å². The van der Waals surface area contributed by atoms with Gasteiger partial charge in [-0.25, -0.2) is 0 Å². The van der Waals surface area contributed by atoms with Gasteiger partial charge in [-0.15, -0.1) is 0 Å². The van der Waals surface area contributed by atoms with E-state index in [9.17, 15) is 4.79 Å². The molecule has 1 aliphatic carbocycles. The van der Waals surface area contributed by atoms with Gasteiger partial charge in [-0.1, -0.05) is 42.8 Å². The normalized spacial score (nSPS) is 15.2. The number of Topliss-reactive ketones (excluding diaryl/α,β-unsaturated/α-hetero) is 1. The average molecular weight is 329 g/mol. The van der Waals surface area contributed by atoms with Crippen LogP contribution in [0.2, 0.25) is 0 Å². The van der Waals surface area contributed by atoms with Crippen molar-refractivity contribution in [1.29, 1.82) is 0 Å². The minimum atomic E-state index is -0.431. The molecule has 1 aliphatic rings. The second kappa shape index (κ2) is 6.52. The number of carbonyl (C=O) groups is 1. The molecule has 124 valence electrons. The fourth-order valence-electron chi connectivity index (χ4n) is 3.39. The van der Waals surface area contributed by atoms with E-state index >= 15 is 0 Å². The number of nitrogens with zero attached hydrogens (tertiary/aromatic N) is 1. The zero-order valence-electron chi connectivity index (χ0n) is 13.9. The first-order chi connectivity index (χ1) is 12.3. The summed E-state index contributed by atoms with van der Waals surface area (Å²) in [6, 6.07) is 23.1. The Morgan fingerprint density at radius 1 is 0.840 bits per heavy atom. The van der Waals surface area contributed by atoms with Crippen LogP contribution >= 0.6 is 0 Å². The molecule has 0 radical (unpaired) electrons. The maximum absolute atomic E-state index is 13.0. The Bertz CT molecular complexity index is 854. The predicted molar refractivity (Wildman–Crippen MR) is 97.1 cm³/mol. The molecule has 1 fully saturated rings. The summed E-state index contributed by atoms with van der Waals surface area (Å²) in [4.78, 5) is 17.3. The van der Waals surface area contributed by atoms with Crippen molar-refractivity contribution in [3.05, 3.63) is 90.3 Å². The zero-order valence-corrected chi connectivity index (χ0v) is 13.9. The monoisotopic (exact) mass is 329 g/mol. The summed E-state index contributed by atoms with van der Waals surface area (Å²) in [7, 11) is 0. The summed E-state index contributed by atoms with van der Waals surface area (Å²) < 4.78 is 5.85. The van der Waals surface area contributed by atoms with Crippen molar-refractivity contribution in [1.82, 2.24) is 4.98 Å². The Morgan fingerprint density at radius 2 is 1.52 bits per heavy atom. The number of hydrogen-bond donors (Lipinski definition) is 0. The summed E-state index contributed by atoms with van der Waals surface area (Å²) >= 11 is 0. The molecule has 1 saturated carbocycles. The van der Waals surface area contributed by atoms with Crippen molar-refractivity contribution in [3.8, 4) is 11.5 Å². The molecule has 1 heterocycles. The van der Waals surface area contributed by atoms with Crippen LogP contribution in [-0.2, 0) is 5.41 Å². The zero-order chi connectivity index (χ0) is 17.1. The van der Waals surface area contributed by atoms with Crippen molar-refractivity contribution in [2.75, 3.05) is 0 Å². The minimum Gasteiger partial charge on any atom is -0.457 e. The van der Waals surface area contributed by atoms with Crippen LogP contribution in [0.25, 0.3) is 0 Å².